The SMILES string of the molecule is O=C(O)c1cccc(NC(=O)C2CC(=O)N(Cc3ccc4c(c3)OCO4)C(=Nc3ccc(Cl)cc3)S2)c1. The smallest absolute Gasteiger partial charge is 0.335 e. The lowest BCUT2D eigenvalue weighted by molar-refractivity contribution is -0.129. The number of nitrogens with zero attached hydrogens (tertiary/aromatic N) is 2. The van der Waals surface area contributed by atoms with E-state index in [2.05, 4.69) is 10.3 Å². The van der Waals surface area contributed by atoms with Crippen LogP contribution in [-0.2, 0) is 16.1 Å². The van der Waals surface area contributed by atoms with Gasteiger partial charge in [0.05, 0.1) is 17.8 Å². The van der Waals surface area contributed by atoms with Crippen molar-refractivity contribution in [2.45, 2.75) is 18.2 Å². The maximum Gasteiger partial charge on any atom is 0.335 e. The van der Waals surface area contributed by atoms with E-state index in [1.54, 1.807) is 42.5 Å². The van der Waals surface area contributed by atoms with Gasteiger partial charge in [0.2, 0.25) is 18.6 Å². The van der Waals surface area contributed by atoms with Crippen LogP contribution in [0, 0.1) is 0 Å². The van der Waals surface area contributed by atoms with Crippen molar-refractivity contribution >= 4 is 57.7 Å². The number of hydrogen-bond donors (Lipinski definition) is 2. The molecule has 2 amide bonds. The highest BCUT2D eigenvalue weighted by Gasteiger charge is 2.36. The highest BCUT2D eigenvalue weighted by Crippen LogP contribution is 2.35. The average Bonchev–Trinajstić information content (AvgIpc) is 3.35. The third-order valence-corrected chi connectivity index (χ3v) is 7.08. The first-order valence-corrected chi connectivity index (χ1v) is 12.5. The summed E-state index contributed by atoms with van der Waals surface area (Å²) in [6, 6.07) is 18.2. The van der Waals surface area contributed by atoms with Gasteiger partial charge in [0, 0.05) is 17.1 Å². The van der Waals surface area contributed by atoms with Crippen LogP contribution >= 0.6 is 23.4 Å². The van der Waals surface area contributed by atoms with Crippen LogP contribution in [0.4, 0.5) is 11.4 Å². The minimum atomic E-state index is -1.10. The zero-order valence-corrected chi connectivity index (χ0v) is 20.8. The molecule has 1 fully saturated rings. The minimum absolute atomic E-state index is 0.0464. The Morgan fingerprint density at radius 2 is 1.86 bits per heavy atom. The second kappa shape index (κ2) is 10.5. The lowest BCUT2D eigenvalue weighted by atomic mass is 10.1. The summed E-state index contributed by atoms with van der Waals surface area (Å²) in [5.74, 6) is -0.556. The molecule has 2 heterocycles. The number of fused-ring (bicyclic) bond motifs is 1. The number of anilines is 1. The van der Waals surface area contributed by atoms with Gasteiger partial charge in [-0.3, -0.25) is 14.5 Å². The Kier molecular flexibility index (Phi) is 7.02. The Morgan fingerprint density at radius 3 is 2.65 bits per heavy atom. The van der Waals surface area contributed by atoms with Gasteiger partial charge < -0.3 is 19.9 Å². The van der Waals surface area contributed by atoms with E-state index in [9.17, 15) is 19.5 Å². The number of nitrogens with one attached hydrogen (secondary N) is 1. The van der Waals surface area contributed by atoms with Crippen LogP contribution in [-0.4, -0.2) is 45.0 Å². The van der Waals surface area contributed by atoms with Crippen molar-refractivity contribution < 1.29 is 29.0 Å². The fourth-order valence-electron chi connectivity index (χ4n) is 3.80. The van der Waals surface area contributed by atoms with Crippen molar-refractivity contribution in [1.82, 2.24) is 4.90 Å². The number of rotatable bonds is 6. The van der Waals surface area contributed by atoms with Gasteiger partial charge in [-0.25, -0.2) is 9.79 Å². The molecule has 0 bridgehead atoms. The van der Waals surface area contributed by atoms with Gasteiger partial charge >= 0.3 is 5.97 Å². The first-order valence-electron chi connectivity index (χ1n) is 11.2. The predicted molar refractivity (Wildman–Crippen MR) is 140 cm³/mol. The van der Waals surface area contributed by atoms with E-state index in [0.717, 1.165) is 17.3 Å². The topological polar surface area (TPSA) is 118 Å². The molecule has 3 aromatic rings. The summed E-state index contributed by atoms with van der Waals surface area (Å²) in [6.07, 6.45) is -0.0562. The van der Waals surface area contributed by atoms with Crippen molar-refractivity contribution in [3.8, 4) is 11.5 Å². The Morgan fingerprint density at radius 1 is 1.08 bits per heavy atom. The van der Waals surface area contributed by atoms with Crippen LogP contribution in [0.3, 0.4) is 0 Å². The highest BCUT2D eigenvalue weighted by atomic mass is 35.5. The maximum absolute atomic E-state index is 13.3. The molecule has 3 aromatic carbocycles. The number of thioether (sulfide) groups is 1. The molecule has 2 N–H and O–H groups in total. The molecule has 37 heavy (non-hydrogen) atoms. The quantitative estimate of drug-likeness (QED) is 0.458. The van der Waals surface area contributed by atoms with Crippen LogP contribution in [0.5, 0.6) is 11.5 Å². The molecule has 5 rings (SSSR count). The summed E-state index contributed by atoms with van der Waals surface area (Å²) in [5, 5.41) is 12.1. The van der Waals surface area contributed by atoms with E-state index in [4.69, 9.17) is 21.1 Å². The van der Waals surface area contributed by atoms with Crippen LogP contribution in [0.2, 0.25) is 5.02 Å². The van der Waals surface area contributed by atoms with Crippen molar-refractivity contribution in [3.63, 3.8) is 0 Å². The lowest BCUT2D eigenvalue weighted by Gasteiger charge is -2.32. The number of halogens is 1. The number of aliphatic imine (C=N–C) groups is 1. The molecule has 11 heteroatoms. The van der Waals surface area contributed by atoms with Crippen molar-refractivity contribution in [2.24, 2.45) is 4.99 Å². The fourth-order valence-corrected chi connectivity index (χ4v) is 5.02. The van der Waals surface area contributed by atoms with Crippen LogP contribution in [0.25, 0.3) is 0 Å². The van der Waals surface area contributed by atoms with Gasteiger partial charge in [-0.2, -0.15) is 0 Å². The Hall–Kier alpha value is -4.02. The average molecular weight is 538 g/mol. The van der Waals surface area contributed by atoms with E-state index in [1.165, 1.54) is 17.0 Å². The van der Waals surface area contributed by atoms with Gasteiger partial charge in [-0.15, -0.1) is 0 Å². The molecule has 2 aliphatic heterocycles. The molecule has 1 saturated heterocycles. The van der Waals surface area contributed by atoms with Gasteiger partial charge in [-0.1, -0.05) is 35.5 Å². The summed E-state index contributed by atoms with van der Waals surface area (Å²) >= 11 is 7.17. The number of ether oxygens (including phenoxy) is 2. The van der Waals surface area contributed by atoms with Crippen LogP contribution in [0.1, 0.15) is 22.3 Å². The summed E-state index contributed by atoms with van der Waals surface area (Å²) in [5.41, 5.74) is 1.77. The van der Waals surface area contributed by atoms with Gasteiger partial charge in [0.15, 0.2) is 16.7 Å². The van der Waals surface area contributed by atoms with E-state index >= 15 is 0 Å². The predicted octanol–water partition coefficient (Wildman–Crippen LogP) is 4.93. The standard InChI is InChI=1S/C26H20ClN3O6S/c27-17-5-7-18(8-6-17)29-26-30(13-15-4-9-20-21(10-15)36-14-35-20)23(31)12-22(37-26)24(32)28-19-3-1-2-16(11-19)25(33)34/h1-11,22H,12-14H2,(H,28,32)(H,33,34). The minimum Gasteiger partial charge on any atom is -0.478 e. The molecular formula is C26H20ClN3O6S. The van der Waals surface area contributed by atoms with Crippen LogP contribution in [0.15, 0.2) is 71.7 Å². The van der Waals surface area contributed by atoms with E-state index in [1.807, 2.05) is 12.1 Å². The monoisotopic (exact) mass is 537 g/mol. The molecule has 1 atom stereocenters. The van der Waals surface area contributed by atoms with Gasteiger partial charge in [0.25, 0.3) is 0 Å². The molecular weight excluding hydrogens is 518 g/mol. The third-order valence-electron chi connectivity index (χ3n) is 5.64. The molecule has 188 valence electrons. The third kappa shape index (κ3) is 5.71. The first kappa shape index (κ1) is 24.7. The summed E-state index contributed by atoms with van der Waals surface area (Å²) in [4.78, 5) is 43.8. The second-order valence-corrected chi connectivity index (χ2v) is 9.83. The zero-order chi connectivity index (χ0) is 25.9. The number of amides is 2. The molecule has 0 radical (unpaired) electrons. The Labute approximate surface area is 221 Å². The number of aromatic carboxylic acids is 1. The normalized spacial score (nSPS) is 17.6. The van der Waals surface area contributed by atoms with Gasteiger partial charge in [-0.05, 0) is 60.2 Å². The van der Waals surface area contributed by atoms with E-state index in [-0.39, 0.29) is 31.2 Å². The van der Waals surface area contributed by atoms with Crippen molar-refractivity contribution in [1.29, 1.82) is 0 Å². The molecule has 0 aliphatic carbocycles. The molecule has 0 saturated carbocycles. The summed E-state index contributed by atoms with van der Waals surface area (Å²) in [7, 11) is 0. The maximum atomic E-state index is 13.3. The fraction of sp³-hybridized carbons (Fsp3) is 0.154. The van der Waals surface area contributed by atoms with Crippen LogP contribution < -0.4 is 14.8 Å². The number of hydrogen-bond acceptors (Lipinski definition) is 7. The largest absolute Gasteiger partial charge is 0.478 e. The molecule has 0 spiro atoms. The molecule has 9 nitrogen and oxygen atoms in total. The number of carboxylic acid groups (broad SMARTS) is 1. The lowest BCUT2D eigenvalue weighted by Crippen LogP contribution is -2.44. The van der Waals surface area contributed by atoms with Crippen molar-refractivity contribution in [2.75, 3.05) is 12.1 Å². The Balaban J connectivity index is 1.40. The summed E-state index contributed by atoms with van der Waals surface area (Å²) < 4.78 is 10.8. The number of carboxylic acids is 1. The zero-order valence-electron chi connectivity index (χ0n) is 19.2. The number of carbonyl (C=O) groups excluding carboxylic acids is 2. The highest BCUT2D eigenvalue weighted by molar-refractivity contribution is 8.15. The number of benzene rings is 3. The van der Waals surface area contributed by atoms with E-state index in [0.29, 0.717) is 33.1 Å². The Bertz CT molecular complexity index is 1410. The molecule has 0 aromatic heterocycles. The number of amidine groups is 1. The van der Waals surface area contributed by atoms with Crippen molar-refractivity contribution in [3.05, 3.63) is 82.9 Å². The number of carbonyl (C=O) groups is 3. The molecule has 2 aliphatic rings. The van der Waals surface area contributed by atoms with E-state index < -0.39 is 17.1 Å². The first-order chi connectivity index (χ1) is 17.9. The second-order valence-electron chi connectivity index (χ2n) is 8.22. The summed E-state index contributed by atoms with van der Waals surface area (Å²) in [6.45, 7) is 0.372. The van der Waals surface area contributed by atoms with Gasteiger partial charge in [0.1, 0.15) is 5.25 Å². The molecule has 1 unspecified atom stereocenters.